The van der Waals surface area contributed by atoms with Crippen LogP contribution < -0.4 is 10.2 Å². The lowest BCUT2D eigenvalue weighted by atomic mass is 9.93. The van der Waals surface area contributed by atoms with Crippen LogP contribution in [0, 0.1) is 0 Å². The average molecular weight is 356 g/mol. The van der Waals surface area contributed by atoms with Crippen molar-refractivity contribution < 1.29 is 5.11 Å². The number of nitrogens with zero attached hydrogens (tertiary/aromatic N) is 5. The first-order valence-corrected chi connectivity index (χ1v) is 9.75. The Labute approximate surface area is 154 Å². The van der Waals surface area contributed by atoms with Crippen LogP contribution in [0.3, 0.4) is 0 Å². The van der Waals surface area contributed by atoms with Crippen molar-refractivity contribution in [2.75, 3.05) is 23.3 Å². The van der Waals surface area contributed by atoms with Crippen LogP contribution in [0.4, 0.5) is 11.8 Å². The molecule has 0 unspecified atom stereocenters. The molecule has 0 aromatic carbocycles. The first-order valence-electron chi connectivity index (χ1n) is 9.75. The van der Waals surface area contributed by atoms with Crippen LogP contribution in [0.15, 0.2) is 18.5 Å². The van der Waals surface area contributed by atoms with Crippen molar-refractivity contribution in [3.63, 3.8) is 0 Å². The topological polar surface area (TPSA) is 79.1 Å². The number of anilines is 2. The smallest absolute Gasteiger partial charge is 0.223 e. The van der Waals surface area contributed by atoms with Gasteiger partial charge in [-0.15, -0.1) is 0 Å². The molecule has 1 saturated carbocycles. The molecule has 2 N–H and O–H groups in total. The summed E-state index contributed by atoms with van der Waals surface area (Å²) in [5.41, 5.74) is 1.98. The molecular weight excluding hydrogens is 328 g/mol. The van der Waals surface area contributed by atoms with E-state index in [1.807, 2.05) is 30.2 Å². The Morgan fingerprint density at radius 2 is 1.88 bits per heavy atom. The van der Waals surface area contributed by atoms with Crippen LogP contribution >= 0.6 is 0 Å². The molecule has 26 heavy (non-hydrogen) atoms. The quantitative estimate of drug-likeness (QED) is 0.877. The number of hydrogen-bond acceptors (Lipinski definition) is 6. The van der Waals surface area contributed by atoms with E-state index in [-0.39, 0.29) is 6.10 Å². The number of aliphatic hydroxyl groups excluding tert-OH is 1. The van der Waals surface area contributed by atoms with Gasteiger partial charge in [0, 0.05) is 32.4 Å². The monoisotopic (exact) mass is 356 g/mol. The number of piperidine rings is 1. The van der Waals surface area contributed by atoms with Crippen LogP contribution in [-0.2, 0) is 7.05 Å². The van der Waals surface area contributed by atoms with E-state index < -0.39 is 0 Å². The lowest BCUT2D eigenvalue weighted by Crippen LogP contribution is -2.31. The minimum absolute atomic E-state index is 0.150. The van der Waals surface area contributed by atoms with E-state index in [0.29, 0.717) is 12.0 Å². The second-order valence-electron chi connectivity index (χ2n) is 7.47. The van der Waals surface area contributed by atoms with Crippen molar-refractivity contribution in [2.45, 2.75) is 57.1 Å². The van der Waals surface area contributed by atoms with Crippen LogP contribution in [0.5, 0.6) is 0 Å². The standard InChI is InChI=1S/C19H28N6O/c1-24-18(25-11-3-2-4-12-25)16(13-21-24)17-9-10-20-19(23-17)22-14-5-7-15(26)8-6-14/h9-10,13-15,26H,2-8,11-12H2,1H3,(H,20,22,23). The summed E-state index contributed by atoms with van der Waals surface area (Å²) in [6.07, 6.45) is 11.0. The second-order valence-corrected chi connectivity index (χ2v) is 7.47. The summed E-state index contributed by atoms with van der Waals surface area (Å²) in [6.45, 7) is 2.15. The molecule has 0 radical (unpaired) electrons. The zero-order valence-corrected chi connectivity index (χ0v) is 15.4. The van der Waals surface area contributed by atoms with Gasteiger partial charge in [-0.1, -0.05) is 0 Å². The highest BCUT2D eigenvalue weighted by Crippen LogP contribution is 2.31. The zero-order chi connectivity index (χ0) is 17.9. The van der Waals surface area contributed by atoms with E-state index in [1.165, 1.54) is 19.3 Å². The largest absolute Gasteiger partial charge is 0.393 e. The third-order valence-corrected chi connectivity index (χ3v) is 5.52. The summed E-state index contributed by atoms with van der Waals surface area (Å²) in [4.78, 5) is 11.6. The number of nitrogens with one attached hydrogen (secondary N) is 1. The van der Waals surface area contributed by atoms with E-state index in [2.05, 4.69) is 20.3 Å². The molecular formula is C19H28N6O. The Hall–Kier alpha value is -2.15. The number of aryl methyl sites for hydroxylation is 1. The third kappa shape index (κ3) is 3.67. The van der Waals surface area contributed by atoms with E-state index in [0.717, 1.165) is 55.8 Å². The van der Waals surface area contributed by atoms with Gasteiger partial charge in [0.1, 0.15) is 5.82 Å². The summed E-state index contributed by atoms with van der Waals surface area (Å²) < 4.78 is 1.96. The van der Waals surface area contributed by atoms with Crippen LogP contribution in [0.1, 0.15) is 44.9 Å². The fraction of sp³-hybridized carbons (Fsp3) is 0.632. The second kappa shape index (κ2) is 7.61. The number of aromatic nitrogens is 4. The fourth-order valence-corrected chi connectivity index (χ4v) is 4.07. The predicted octanol–water partition coefficient (Wildman–Crippen LogP) is 2.58. The summed E-state index contributed by atoms with van der Waals surface area (Å²) in [7, 11) is 2.00. The van der Waals surface area contributed by atoms with Gasteiger partial charge in [-0.25, -0.2) is 9.97 Å². The van der Waals surface area contributed by atoms with Crippen molar-refractivity contribution in [3.8, 4) is 11.3 Å². The lowest BCUT2D eigenvalue weighted by Gasteiger charge is -2.29. The molecule has 140 valence electrons. The zero-order valence-electron chi connectivity index (χ0n) is 15.4. The molecule has 1 aliphatic heterocycles. The Balaban J connectivity index is 1.55. The molecule has 0 bridgehead atoms. The minimum atomic E-state index is -0.150. The first-order chi connectivity index (χ1) is 12.7. The summed E-state index contributed by atoms with van der Waals surface area (Å²) in [5.74, 6) is 1.81. The summed E-state index contributed by atoms with van der Waals surface area (Å²) in [6, 6.07) is 2.30. The maximum atomic E-state index is 9.67. The average Bonchev–Trinajstić information content (AvgIpc) is 3.06. The van der Waals surface area contributed by atoms with Crippen molar-refractivity contribution >= 4 is 11.8 Å². The van der Waals surface area contributed by atoms with Gasteiger partial charge in [-0.3, -0.25) is 4.68 Å². The van der Waals surface area contributed by atoms with E-state index in [9.17, 15) is 5.11 Å². The van der Waals surface area contributed by atoms with Crippen LogP contribution in [-0.4, -0.2) is 50.1 Å². The number of rotatable bonds is 4. The minimum Gasteiger partial charge on any atom is -0.393 e. The molecule has 2 aromatic rings. The molecule has 1 aliphatic carbocycles. The molecule has 0 atom stereocenters. The normalized spacial score (nSPS) is 23.8. The molecule has 2 aliphatic rings. The Kier molecular flexibility index (Phi) is 5.06. The fourth-order valence-electron chi connectivity index (χ4n) is 4.07. The van der Waals surface area contributed by atoms with Gasteiger partial charge in [-0.2, -0.15) is 5.10 Å². The molecule has 0 spiro atoms. The SMILES string of the molecule is Cn1ncc(-c2ccnc(NC3CCC(O)CC3)n2)c1N1CCCCC1. The van der Waals surface area contributed by atoms with Gasteiger partial charge in [0.05, 0.1) is 23.6 Å². The highest BCUT2D eigenvalue weighted by Gasteiger charge is 2.22. The molecule has 3 heterocycles. The first kappa shape index (κ1) is 17.3. The highest BCUT2D eigenvalue weighted by atomic mass is 16.3. The summed E-state index contributed by atoms with van der Waals surface area (Å²) in [5, 5.41) is 17.6. The molecule has 7 heteroatoms. The lowest BCUT2D eigenvalue weighted by molar-refractivity contribution is 0.126. The molecule has 7 nitrogen and oxygen atoms in total. The van der Waals surface area contributed by atoms with Crippen LogP contribution in [0.25, 0.3) is 11.3 Å². The van der Waals surface area contributed by atoms with Gasteiger partial charge in [0.2, 0.25) is 5.95 Å². The van der Waals surface area contributed by atoms with Crippen molar-refractivity contribution in [2.24, 2.45) is 7.05 Å². The van der Waals surface area contributed by atoms with E-state index in [1.54, 1.807) is 0 Å². The van der Waals surface area contributed by atoms with Gasteiger partial charge >= 0.3 is 0 Å². The maximum Gasteiger partial charge on any atom is 0.223 e. The molecule has 4 rings (SSSR count). The predicted molar refractivity (Wildman–Crippen MR) is 102 cm³/mol. The van der Waals surface area contributed by atoms with E-state index >= 15 is 0 Å². The molecule has 2 fully saturated rings. The Morgan fingerprint density at radius 3 is 2.65 bits per heavy atom. The molecule has 2 aromatic heterocycles. The Bertz CT molecular complexity index is 731. The van der Waals surface area contributed by atoms with Crippen molar-refractivity contribution in [1.29, 1.82) is 0 Å². The third-order valence-electron chi connectivity index (χ3n) is 5.52. The van der Waals surface area contributed by atoms with Gasteiger partial charge in [0.25, 0.3) is 0 Å². The van der Waals surface area contributed by atoms with Crippen LogP contribution in [0.2, 0.25) is 0 Å². The van der Waals surface area contributed by atoms with Gasteiger partial charge < -0.3 is 15.3 Å². The number of aliphatic hydroxyl groups is 1. The van der Waals surface area contributed by atoms with Gasteiger partial charge in [-0.05, 0) is 51.0 Å². The maximum absolute atomic E-state index is 9.67. The highest BCUT2D eigenvalue weighted by molar-refractivity contribution is 5.73. The molecule has 1 saturated heterocycles. The van der Waals surface area contributed by atoms with Crippen molar-refractivity contribution in [3.05, 3.63) is 18.5 Å². The van der Waals surface area contributed by atoms with E-state index in [4.69, 9.17) is 4.98 Å². The Morgan fingerprint density at radius 1 is 1.12 bits per heavy atom. The van der Waals surface area contributed by atoms with Gasteiger partial charge in [0.15, 0.2) is 0 Å². The van der Waals surface area contributed by atoms with Crippen molar-refractivity contribution in [1.82, 2.24) is 19.7 Å². The number of hydrogen-bond donors (Lipinski definition) is 2. The summed E-state index contributed by atoms with van der Waals surface area (Å²) >= 11 is 0. The molecule has 0 amide bonds.